The number of nitrogens with zero attached hydrogens (tertiary/aromatic N) is 2. The Morgan fingerprint density at radius 1 is 0.906 bits per heavy atom. The normalized spacial score (nSPS) is 14.8. The number of ether oxygens (including phenoxy) is 1. The molecule has 172 valence electrons. The predicted octanol–water partition coefficient (Wildman–Crippen LogP) is 3.60. The molecule has 32 heavy (non-hydrogen) atoms. The van der Waals surface area contributed by atoms with Crippen molar-refractivity contribution in [2.75, 3.05) is 32.8 Å². The van der Waals surface area contributed by atoms with Crippen LogP contribution in [0.3, 0.4) is 0 Å². The van der Waals surface area contributed by atoms with E-state index in [1.807, 2.05) is 13.8 Å². The zero-order valence-electron chi connectivity index (χ0n) is 18.6. The Kier molecular flexibility index (Phi) is 7.90. The summed E-state index contributed by atoms with van der Waals surface area (Å²) in [5.74, 6) is 0.0253. The summed E-state index contributed by atoms with van der Waals surface area (Å²) in [6.07, 6.45) is 0.340. The second-order valence-corrected chi connectivity index (χ2v) is 10.4. The maximum atomic E-state index is 12.9. The van der Waals surface area contributed by atoms with Crippen LogP contribution >= 0.6 is 0 Å². The van der Waals surface area contributed by atoms with Gasteiger partial charge in [-0.3, -0.25) is 4.79 Å². The van der Waals surface area contributed by atoms with E-state index in [4.69, 9.17) is 4.74 Å². The number of rotatable bonds is 6. The van der Waals surface area contributed by atoms with Gasteiger partial charge in [0.25, 0.3) is 5.91 Å². The van der Waals surface area contributed by atoms with Gasteiger partial charge in [-0.05, 0) is 42.2 Å². The van der Waals surface area contributed by atoms with Crippen molar-refractivity contribution in [1.29, 1.82) is 0 Å². The van der Waals surface area contributed by atoms with E-state index in [1.54, 1.807) is 64.4 Å². The SMILES string of the molecule is CC(C)COC(=O)N1CCCN(C(=O)c2ccc(CS(=O)(=O)c3ccccc3)cc2)CC1. The average molecular weight is 459 g/mol. The zero-order chi connectivity index (χ0) is 23.1. The Hall–Kier alpha value is -2.87. The van der Waals surface area contributed by atoms with E-state index in [1.165, 1.54) is 0 Å². The van der Waals surface area contributed by atoms with Crippen molar-refractivity contribution in [2.45, 2.75) is 30.9 Å². The topological polar surface area (TPSA) is 84.0 Å². The lowest BCUT2D eigenvalue weighted by Gasteiger charge is -2.22. The molecule has 1 heterocycles. The summed E-state index contributed by atoms with van der Waals surface area (Å²) < 4.78 is 30.4. The van der Waals surface area contributed by atoms with E-state index in [-0.39, 0.29) is 28.6 Å². The lowest BCUT2D eigenvalue weighted by Crippen LogP contribution is -2.37. The molecule has 0 atom stereocenters. The second kappa shape index (κ2) is 10.6. The number of hydrogen-bond acceptors (Lipinski definition) is 5. The molecule has 8 heteroatoms. The summed E-state index contributed by atoms with van der Waals surface area (Å²) in [5.41, 5.74) is 1.13. The van der Waals surface area contributed by atoms with Crippen LogP contribution in [0.25, 0.3) is 0 Å². The molecule has 0 aliphatic carbocycles. The molecule has 0 unspecified atom stereocenters. The largest absolute Gasteiger partial charge is 0.449 e. The van der Waals surface area contributed by atoms with Crippen molar-refractivity contribution in [3.05, 3.63) is 65.7 Å². The van der Waals surface area contributed by atoms with Crippen molar-refractivity contribution in [3.8, 4) is 0 Å². The minimum Gasteiger partial charge on any atom is -0.449 e. The third-order valence-electron chi connectivity index (χ3n) is 5.24. The van der Waals surface area contributed by atoms with Crippen LogP contribution in [0.2, 0.25) is 0 Å². The van der Waals surface area contributed by atoms with Gasteiger partial charge in [-0.2, -0.15) is 0 Å². The molecule has 0 spiro atoms. The highest BCUT2D eigenvalue weighted by molar-refractivity contribution is 7.90. The fraction of sp³-hybridized carbons (Fsp3) is 0.417. The lowest BCUT2D eigenvalue weighted by atomic mass is 10.1. The van der Waals surface area contributed by atoms with Crippen molar-refractivity contribution in [3.63, 3.8) is 0 Å². The summed E-state index contributed by atoms with van der Waals surface area (Å²) in [6, 6.07) is 15.0. The summed E-state index contributed by atoms with van der Waals surface area (Å²) in [7, 11) is -3.44. The van der Waals surface area contributed by atoms with Crippen molar-refractivity contribution in [2.24, 2.45) is 5.92 Å². The average Bonchev–Trinajstić information content (AvgIpc) is 3.04. The maximum Gasteiger partial charge on any atom is 0.409 e. The summed E-state index contributed by atoms with van der Waals surface area (Å²) >= 11 is 0. The molecule has 1 saturated heterocycles. The van der Waals surface area contributed by atoms with Gasteiger partial charge < -0.3 is 14.5 Å². The molecule has 0 radical (unpaired) electrons. The molecule has 2 aromatic rings. The van der Waals surface area contributed by atoms with Gasteiger partial charge in [0, 0.05) is 31.7 Å². The van der Waals surface area contributed by atoms with Crippen LogP contribution in [-0.4, -0.2) is 63.0 Å². The Morgan fingerprint density at radius 3 is 2.19 bits per heavy atom. The van der Waals surface area contributed by atoms with Crippen LogP contribution in [0.5, 0.6) is 0 Å². The molecule has 1 aliphatic heterocycles. The van der Waals surface area contributed by atoms with Crippen LogP contribution in [-0.2, 0) is 20.3 Å². The molecule has 2 aromatic carbocycles. The maximum absolute atomic E-state index is 12.9. The first-order chi connectivity index (χ1) is 15.3. The van der Waals surface area contributed by atoms with Gasteiger partial charge in [0.2, 0.25) is 0 Å². The zero-order valence-corrected chi connectivity index (χ0v) is 19.4. The van der Waals surface area contributed by atoms with Crippen LogP contribution in [0, 0.1) is 5.92 Å². The van der Waals surface area contributed by atoms with Crippen LogP contribution in [0.1, 0.15) is 36.2 Å². The fourth-order valence-electron chi connectivity index (χ4n) is 3.49. The first-order valence-corrected chi connectivity index (χ1v) is 12.5. The van der Waals surface area contributed by atoms with Crippen LogP contribution < -0.4 is 0 Å². The summed E-state index contributed by atoms with van der Waals surface area (Å²) in [6.45, 7) is 6.31. The number of hydrogen-bond donors (Lipinski definition) is 0. The highest BCUT2D eigenvalue weighted by atomic mass is 32.2. The Morgan fingerprint density at radius 2 is 1.53 bits per heavy atom. The molecule has 1 fully saturated rings. The molecule has 0 N–H and O–H groups in total. The van der Waals surface area contributed by atoms with E-state index >= 15 is 0 Å². The molecule has 0 aromatic heterocycles. The van der Waals surface area contributed by atoms with E-state index in [0.29, 0.717) is 50.3 Å². The van der Waals surface area contributed by atoms with Crippen LogP contribution in [0.4, 0.5) is 4.79 Å². The Labute approximate surface area is 189 Å². The van der Waals surface area contributed by atoms with E-state index < -0.39 is 9.84 Å². The number of carbonyl (C=O) groups excluding carboxylic acids is 2. The second-order valence-electron chi connectivity index (χ2n) is 8.37. The Bertz CT molecular complexity index is 1020. The van der Waals surface area contributed by atoms with Crippen LogP contribution in [0.15, 0.2) is 59.5 Å². The minimum atomic E-state index is -3.44. The fourth-order valence-corrected chi connectivity index (χ4v) is 4.86. The first-order valence-electron chi connectivity index (χ1n) is 10.8. The minimum absolute atomic E-state index is 0.122. The number of carbonyl (C=O) groups is 2. The quantitative estimate of drug-likeness (QED) is 0.660. The van der Waals surface area contributed by atoms with Gasteiger partial charge in [-0.25, -0.2) is 13.2 Å². The molecular weight excluding hydrogens is 428 g/mol. The molecule has 2 amide bonds. The van der Waals surface area contributed by atoms with E-state index in [0.717, 1.165) is 0 Å². The van der Waals surface area contributed by atoms with Crippen molar-refractivity contribution >= 4 is 21.8 Å². The van der Waals surface area contributed by atoms with Gasteiger partial charge in [0.05, 0.1) is 17.3 Å². The lowest BCUT2D eigenvalue weighted by molar-refractivity contribution is 0.0746. The Balaban J connectivity index is 1.59. The molecular formula is C24H30N2O5S. The predicted molar refractivity (Wildman–Crippen MR) is 122 cm³/mol. The van der Waals surface area contributed by atoms with Crippen molar-refractivity contribution in [1.82, 2.24) is 9.80 Å². The number of sulfone groups is 1. The smallest absolute Gasteiger partial charge is 0.409 e. The van der Waals surface area contributed by atoms with Gasteiger partial charge in [0.1, 0.15) is 0 Å². The van der Waals surface area contributed by atoms with Crippen molar-refractivity contribution < 1.29 is 22.7 Å². The number of amides is 2. The highest BCUT2D eigenvalue weighted by Crippen LogP contribution is 2.18. The summed E-state index contributed by atoms with van der Waals surface area (Å²) in [5, 5.41) is 0. The molecule has 3 rings (SSSR count). The van der Waals surface area contributed by atoms with Gasteiger partial charge in [0.15, 0.2) is 9.84 Å². The number of benzene rings is 2. The van der Waals surface area contributed by atoms with Gasteiger partial charge >= 0.3 is 6.09 Å². The monoisotopic (exact) mass is 458 g/mol. The molecule has 0 bridgehead atoms. The van der Waals surface area contributed by atoms with Gasteiger partial charge in [-0.15, -0.1) is 0 Å². The molecule has 7 nitrogen and oxygen atoms in total. The van der Waals surface area contributed by atoms with Gasteiger partial charge in [-0.1, -0.05) is 44.2 Å². The standard InChI is InChI=1S/C24H30N2O5S/c1-19(2)17-31-24(28)26-14-6-13-25(15-16-26)23(27)21-11-9-20(10-12-21)18-32(29,30)22-7-4-3-5-8-22/h3-5,7-12,19H,6,13-18H2,1-2H3. The third-order valence-corrected chi connectivity index (χ3v) is 6.95. The molecule has 0 saturated carbocycles. The van der Waals surface area contributed by atoms with E-state index in [9.17, 15) is 18.0 Å². The first kappa shape index (κ1) is 23.8. The highest BCUT2D eigenvalue weighted by Gasteiger charge is 2.24. The van der Waals surface area contributed by atoms with E-state index in [2.05, 4.69) is 0 Å². The third kappa shape index (κ3) is 6.32. The molecule has 1 aliphatic rings. The summed E-state index contributed by atoms with van der Waals surface area (Å²) in [4.78, 5) is 28.8.